The fourth-order valence-corrected chi connectivity index (χ4v) is 1.27. The van der Waals surface area contributed by atoms with Crippen LogP contribution in [0.15, 0.2) is 11.6 Å². The second kappa shape index (κ2) is 6.29. The van der Waals surface area contributed by atoms with Gasteiger partial charge in [0.25, 0.3) is 0 Å². The molecular formula is C8H15ClF2N2. The number of alkyl halides is 3. The molecule has 0 spiro atoms. The predicted molar refractivity (Wildman–Crippen MR) is 51.0 cm³/mol. The van der Waals surface area contributed by atoms with Crippen molar-refractivity contribution < 1.29 is 8.78 Å². The molecule has 2 atom stereocenters. The van der Waals surface area contributed by atoms with Gasteiger partial charge in [0, 0.05) is 24.4 Å². The molecule has 0 rings (SSSR count). The summed E-state index contributed by atoms with van der Waals surface area (Å²) in [6.07, 6.45) is -1.18. The minimum absolute atomic E-state index is 0.244. The smallest absolute Gasteiger partial charge is 0.240 e. The van der Waals surface area contributed by atoms with E-state index in [1.807, 2.05) is 0 Å². The molecule has 0 saturated carbocycles. The first-order chi connectivity index (χ1) is 5.99. The molecule has 4 N–H and O–H groups in total. The predicted octanol–water partition coefficient (Wildman–Crippen LogP) is 1.48. The Morgan fingerprint density at radius 2 is 2.00 bits per heavy atom. The van der Waals surface area contributed by atoms with Crippen LogP contribution in [0.25, 0.3) is 0 Å². The SMILES string of the molecule is CC(N)/C(=C/CCl)C(N)CC(F)F. The standard InChI is InChI=1S/C8H15ClF2N2/c1-5(12)6(2-3-9)7(13)4-8(10)11/h2,5,7-8H,3-4,12-13H2,1H3/b6-2-. The molecule has 2 nitrogen and oxygen atoms in total. The van der Waals surface area contributed by atoms with Crippen LogP contribution in [0.5, 0.6) is 0 Å². The maximum Gasteiger partial charge on any atom is 0.240 e. The summed E-state index contributed by atoms with van der Waals surface area (Å²) in [5.41, 5.74) is 11.7. The van der Waals surface area contributed by atoms with Gasteiger partial charge in [-0.1, -0.05) is 6.08 Å². The summed E-state index contributed by atoms with van der Waals surface area (Å²) >= 11 is 5.45. The number of nitrogens with two attached hydrogens (primary N) is 2. The molecule has 0 aliphatic heterocycles. The Balaban J connectivity index is 4.29. The van der Waals surface area contributed by atoms with Crippen LogP contribution in [0.2, 0.25) is 0 Å². The van der Waals surface area contributed by atoms with E-state index in [4.69, 9.17) is 23.1 Å². The van der Waals surface area contributed by atoms with Crippen LogP contribution in [0.1, 0.15) is 13.3 Å². The zero-order chi connectivity index (χ0) is 10.4. The lowest BCUT2D eigenvalue weighted by atomic mass is 9.99. The molecule has 13 heavy (non-hydrogen) atoms. The number of hydrogen-bond acceptors (Lipinski definition) is 2. The Morgan fingerprint density at radius 1 is 1.46 bits per heavy atom. The lowest BCUT2D eigenvalue weighted by Crippen LogP contribution is -2.34. The first-order valence-corrected chi connectivity index (χ1v) is 4.57. The van der Waals surface area contributed by atoms with Gasteiger partial charge in [0.2, 0.25) is 6.43 Å². The van der Waals surface area contributed by atoms with E-state index in [1.165, 1.54) is 0 Å². The van der Waals surface area contributed by atoms with Crippen LogP contribution in [-0.4, -0.2) is 24.4 Å². The summed E-state index contributed by atoms with van der Waals surface area (Å²) in [5.74, 6) is 0.244. The van der Waals surface area contributed by atoms with Gasteiger partial charge in [-0.25, -0.2) is 8.78 Å². The highest BCUT2D eigenvalue weighted by atomic mass is 35.5. The van der Waals surface area contributed by atoms with E-state index in [2.05, 4.69) is 0 Å². The first-order valence-electron chi connectivity index (χ1n) is 4.04. The van der Waals surface area contributed by atoms with Crippen LogP contribution < -0.4 is 11.5 Å². The Morgan fingerprint density at radius 3 is 2.31 bits per heavy atom. The number of rotatable bonds is 5. The van der Waals surface area contributed by atoms with Crippen molar-refractivity contribution in [1.82, 2.24) is 0 Å². The fourth-order valence-electron chi connectivity index (χ4n) is 1.09. The van der Waals surface area contributed by atoms with Gasteiger partial charge in [-0.2, -0.15) is 0 Å². The number of allylic oxidation sites excluding steroid dienone is 1. The molecule has 5 heteroatoms. The quantitative estimate of drug-likeness (QED) is 0.536. The van der Waals surface area contributed by atoms with Gasteiger partial charge >= 0.3 is 0 Å². The molecule has 0 fully saturated rings. The van der Waals surface area contributed by atoms with E-state index in [0.717, 1.165) is 0 Å². The normalized spacial score (nSPS) is 17.6. The van der Waals surface area contributed by atoms with E-state index in [1.54, 1.807) is 13.0 Å². The van der Waals surface area contributed by atoms with Crippen molar-refractivity contribution in [3.05, 3.63) is 11.6 Å². The second-order valence-corrected chi connectivity index (χ2v) is 3.19. The zero-order valence-electron chi connectivity index (χ0n) is 7.51. The van der Waals surface area contributed by atoms with Gasteiger partial charge in [0.05, 0.1) is 0 Å². The van der Waals surface area contributed by atoms with E-state index in [0.29, 0.717) is 5.57 Å². The van der Waals surface area contributed by atoms with Gasteiger partial charge in [-0.3, -0.25) is 0 Å². The highest BCUT2D eigenvalue weighted by Gasteiger charge is 2.17. The third kappa shape index (κ3) is 5.18. The zero-order valence-corrected chi connectivity index (χ0v) is 8.27. The molecule has 0 aromatic heterocycles. The van der Waals surface area contributed by atoms with Crippen LogP contribution >= 0.6 is 11.6 Å². The minimum atomic E-state index is -2.41. The average molecular weight is 213 g/mol. The molecule has 0 aliphatic carbocycles. The monoisotopic (exact) mass is 212 g/mol. The van der Waals surface area contributed by atoms with Crippen molar-refractivity contribution in [2.45, 2.75) is 31.9 Å². The van der Waals surface area contributed by atoms with Crippen LogP contribution in [-0.2, 0) is 0 Å². The molecule has 0 bridgehead atoms. The first kappa shape index (κ1) is 12.8. The molecule has 0 aromatic carbocycles. The molecule has 78 valence electrons. The summed E-state index contributed by atoms with van der Waals surface area (Å²) < 4.78 is 23.9. The third-order valence-electron chi connectivity index (χ3n) is 1.70. The maximum absolute atomic E-state index is 12.0. The summed E-state index contributed by atoms with van der Waals surface area (Å²) in [6.45, 7) is 1.70. The van der Waals surface area contributed by atoms with Gasteiger partial charge in [-0.15, -0.1) is 11.6 Å². The minimum Gasteiger partial charge on any atom is -0.324 e. The maximum atomic E-state index is 12.0. The van der Waals surface area contributed by atoms with Crippen LogP contribution in [0, 0.1) is 0 Å². The average Bonchev–Trinajstić information content (AvgIpc) is 1.97. The summed E-state index contributed by atoms with van der Waals surface area (Å²) in [7, 11) is 0. The molecule has 0 amide bonds. The topological polar surface area (TPSA) is 52.0 Å². The number of hydrogen-bond donors (Lipinski definition) is 2. The van der Waals surface area contributed by atoms with Crippen molar-refractivity contribution in [2.24, 2.45) is 11.5 Å². The second-order valence-electron chi connectivity index (χ2n) is 2.88. The Labute approximate surface area is 81.9 Å². The van der Waals surface area contributed by atoms with Crippen molar-refractivity contribution in [2.75, 3.05) is 5.88 Å². The van der Waals surface area contributed by atoms with E-state index < -0.39 is 12.5 Å². The van der Waals surface area contributed by atoms with Crippen LogP contribution in [0.3, 0.4) is 0 Å². The largest absolute Gasteiger partial charge is 0.324 e. The van der Waals surface area contributed by atoms with Gasteiger partial charge in [-0.05, 0) is 12.5 Å². The number of halogens is 3. The fraction of sp³-hybridized carbons (Fsp3) is 0.750. The Kier molecular flexibility index (Phi) is 6.20. The lowest BCUT2D eigenvalue weighted by Gasteiger charge is -2.18. The van der Waals surface area contributed by atoms with Gasteiger partial charge in [0.1, 0.15) is 0 Å². The summed E-state index contributed by atoms with van der Waals surface area (Å²) in [6, 6.07) is -1.02. The van der Waals surface area contributed by atoms with E-state index in [9.17, 15) is 8.78 Å². The van der Waals surface area contributed by atoms with Gasteiger partial charge < -0.3 is 11.5 Å². The highest BCUT2D eigenvalue weighted by Crippen LogP contribution is 2.12. The van der Waals surface area contributed by atoms with E-state index >= 15 is 0 Å². The molecule has 2 unspecified atom stereocenters. The van der Waals surface area contributed by atoms with Crippen molar-refractivity contribution in [3.63, 3.8) is 0 Å². The Bertz CT molecular complexity index is 172. The highest BCUT2D eigenvalue weighted by molar-refractivity contribution is 6.18. The molecular weight excluding hydrogens is 198 g/mol. The van der Waals surface area contributed by atoms with Crippen molar-refractivity contribution in [1.29, 1.82) is 0 Å². The molecule has 0 radical (unpaired) electrons. The van der Waals surface area contributed by atoms with Crippen LogP contribution in [0.4, 0.5) is 8.78 Å². The summed E-state index contributed by atoms with van der Waals surface area (Å²) in [5, 5.41) is 0. The van der Waals surface area contributed by atoms with Crippen molar-refractivity contribution >= 4 is 11.6 Å². The van der Waals surface area contributed by atoms with E-state index in [-0.39, 0.29) is 18.3 Å². The Hall–Kier alpha value is -0.190. The molecule has 0 heterocycles. The summed E-state index contributed by atoms with van der Waals surface area (Å²) in [4.78, 5) is 0. The van der Waals surface area contributed by atoms with Gasteiger partial charge in [0.15, 0.2) is 0 Å². The molecule has 0 aromatic rings. The third-order valence-corrected chi connectivity index (χ3v) is 1.85. The molecule has 0 saturated heterocycles. The molecule has 0 aliphatic rings. The lowest BCUT2D eigenvalue weighted by molar-refractivity contribution is 0.132. The van der Waals surface area contributed by atoms with Crippen molar-refractivity contribution in [3.8, 4) is 0 Å².